The minimum absolute atomic E-state index is 0.232. The highest BCUT2D eigenvalue weighted by Crippen LogP contribution is 2.30. The topological polar surface area (TPSA) is 81.6 Å². The van der Waals surface area contributed by atoms with Crippen LogP contribution in [0.2, 0.25) is 5.02 Å². The molecule has 0 saturated carbocycles. The van der Waals surface area contributed by atoms with Crippen molar-refractivity contribution in [3.05, 3.63) is 53.1 Å². The van der Waals surface area contributed by atoms with Gasteiger partial charge in [-0.15, -0.1) is 0 Å². The molecule has 0 atom stereocenters. The third-order valence-corrected chi connectivity index (χ3v) is 5.83. The molecule has 0 bridgehead atoms. The molecule has 1 aromatic carbocycles. The lowest BCUT2D eigenvalue weighted by molar-refractivity contribution is 0.102. The molecule has 154 valence electrons. The fraction of sp³-hybridized carbons (Fsp3) is 0.286. The zero-order valence-electron chi connectivity index (χ0n) is 16.8. The Balaban J connectivity index is 1.46. The summed E-state index contributed by atoms with van der Waals surface area (Å²) in [7, 11) is 2.13. The Morgan fingerprint density at radius 3 is 2.80 bits per heavy atom. The zero-order chi connectivity index (χ0) is 20.8. The average Bonchev–Trinajstić information content (AvgIpc) is 3.34. The Morgan fingerprint density at radius 1 is 1.20 bits per heavy atom. The second-order valence-electron chi connectivity index (χ2n) is 7.71. The van der Waals surface area contributed by atoms with Gasteiger partial charge in [-0.05, 0) is 32.2 Å². The van der Waals surface area contributed by atoms with Crippen molar-refractivity contribution in [2.75, 3.05) is 43.4 Å². The number of hydrogen-bond donors (Lipinski definition) is 2. The predicted octanol–water partition coefficient (Wildman–Crippen LogP) is 3.18. The van der Waals surface area contributed by atoms with Gasteiger partial charge in [0, 0.05) is 55.8 Å². The lowest BCUT2D eigenvalue weighted by atomic mass is 10.1. The smallest absolute Gasteiger partial charge is 0.257 e. The zero-order valence-corrected chi connectivity index (χ0v) is 17.6. The first-order chi connectivity index (χ1) is 14.5. The van der Waals surface area contributed by atoms with Gasteiger partial charge < -0.3 is 19.5 Å². The minimum atomic E-state index is -0.232. The van der Waals surface area contributed by atoms with Gasteiger partial charge in [0.2, 0.25) is 0 Å². The number of carbonyl (C=O) groups is 1. The number of aromatic amines is 1. The number of hydrogen-bond acceptors (Lipinski definition) is 5. The lowest BCUT2D eigenvalue weighted by Crippen LogP contribution is -2.44. The van der Waals surface area contributed by atoms with Crippen molar-refractivity contribution >= 4 is 45.4 Å². The number of pyridine rings is 1. The van der Waals surface area contributed by atoms with Gasteiger partial charge in [0.15, 0.2) is 5.65 Å². The van der Waals surface area contributed by atoms with Gasteiger partial charge in [0.05, 0.1) is 22.0 Å². The second-order valence-corrected chi connectivity index (χ2v) is 8.12. The van der Waals surface area contributed by atoms with Crippen molar-refractivity contribution in [2.24, 2.45) is 0 Å². The first kappa shape index (κ1) is 18.9. The number of rotatable bonds is 3. The summed E-state index contributed by atoms with van der Waals surface area (Å²) in [5.74, 6) is -0.232. The van der Waals surface area contributed by atoms with E-state index in [-0.39, 0.29) is 5.91 Å². The van der Waals surface area contributed by atoms with E-state index in [2.05, 4.69) is 37.3 Å². The van der Waals surface area contributed by atoms with Crippen LogP contribution in [0.1, 0.15) is 16.1 Å². The van der Waals surface area contributed by atoms with Crippen LogP contribution in [-0.4, -0.2) is 63.6 Å². The number of aryl methyl sites for hydroxylation is 1. The lowest BCUT2D eigenvalue weighted by Gasteiger charge is -2.34. The van der Waals surface area contributed by atoms with Gasteiger partial charge in [-0.1, -0.05) is 11.6 Å². The van der Waals surface area contributed by atoms with Crippen LogP contribution in [-0.2, 0) is 0 Å². The van der Waals surface area contributed by atoms with Crippen molar-refractivity contribution < 1.29 is 4.79 Å². The van der Waals surface area contributed by atoms with E-state index in [1.165, 1.54) is 0 Å². The highest BCUT2D eigenvalue weighted by molar-refractivity contribution is 6.33. The summed E-state index contributed by atoms with van der Waals surface area (Å²) in [6, 6.07) is 5.56. The number of anilines is 2. The van der Waals surface area contributed by atoms with Gasteiger partial charge in [-0.3, -0.25) is 9.89 Å². The average molecular weight is 424 g/mol. The number of likely N-dealkylation sites (N-methyl/N-ethyl adjacent to an activating group) is 1. The third-order valence-electron chi connectivity index (χ3n) is 5.55. The summed E-state index contributed by atoms with van der Waals surface area (Å²) in [6.07, 6.45) is 5.53. The Labute approximate surface area is 178 Å². The van der Waals surface area contributed by atoms with Crippen LogP contribution in [0.25, 0.3) is 16.6 Å². The van der Waals surface area contributed by atoms with Crippen LogP contribution in [0.4, 0.5) is 11.4 Å². The number of benzene rings is 1. The normalized spacial score (nSPS) is 15.2. The number of H-pyrrole nitrogens is 1. The summed E-state index contributed by atoms with van der Waals surface area (Å²) < 4.78 is 1.81. The fourth-order valence-corrected chi connectivity index (χ4v) is 4.23. The standard InChI is InChI=1S/C21H22ClN7O/c1-13-11-29-12-14(9-17(22)20(29)24-13)25-21(30)15-3-4-18(16-10-23-26-19(15)16)28-7-5-27(2)6-8-28/h3-4,9-12H,5-8H2,1-2H3,(H,23,26)(H,25,30). The van der Waals surface area contributed by atoms with Crippen molar-refractivity contribution in [3.8, 4) is 0 Å². The maximum Gasteiger partial charge on any atom is 0.257 e. The summed E-state index contributed by atoms with van der Waals surface area (Å²) >= 11 is 6.34. The number of piperazine rings is 1. The molecule has 8 nitrogen and oxygen atoms in total. The molecule has 3 aromatic heterocycles. The molecule has 0 spiro atoms. The van der Waals surface area contributed by atoms with Gasteiger partial charge >= 0.3 is 0 Å². The van der Waals surface area contributed by atoms with Gasteiger partial charge in [0.25, 0.3) is 5.91 Å². The molecule has 4 heterocycles. The van der Waals surface area contributed by atoms with E-state index in [0.717, 1.165) is 42.9 Å². The maximum atomic E-state index is 13.1. The number of amides is 1. The SMILES string of the molecule is Cc1cn2cc(NC(=O)c3ccc(N4CCN(C)CC4)c4c[nH]nc34)cc(Cl)c2n1. The molecular formula is C21H22ClN7O. The summed E-state index contributed by atoms with van der Waals surface area (Å²) in [4.78, 5) is 22.1. The molecule has 1 amide bonds. The summed E-state index contributed by atoms with van der Waals surface area (Å²) in [6.45, 7) is 5.82. The largest absolute Gasteiger partial charge is 0.368 e. The molecule has 4 aromatic rings. The van der Waals surface area contributed by atoms with E-state index in [9.17, 15) is 4.79 Å². The molecule has 1 aliphatic heterocycles. The molecule has 0 unspecified atom stereocenters. The highest BCUT2D eigenvalue weighted by atomic mass is 35.5. The monoisotopic (exact) mass is 423 g/mol. The molecule has 0 aliphatic carbocycles. The van der Waals surface area contributed by atoms with Crippen molar-refractivity contribution in [1.29, 1.82) is 0 Å². The quantitative estimate of drug-likeness (QED) is 0.529. The predicted molar refractivity (Wildman–Crippen MR) is 119 cm³/mol. The van der Waals surface area contributed by atoms with E-state index in [4.69, 9.17) is 11.6 Å². The highest BCUT2D eigenvalue weighted by Gasteiger charge is 2.21. The van der Waals surface area contributed by atoms with E-state index in [1.54, 1.807) is 12.3 Å². The van der Waals surface area contributed by atoms with Crippen LogP contribution < -0.4 is 10.2 Å². The summed E-state index contributed by atoms with van der Waals surface area (Å²) in [5.41, 5.74) is 4.40. The first-order valence-corrected chi connectivity index (χ1v) is 10.2. The first-order valence-electron chi connectivity index (χ1n) is 9.86. The molecule has 30 heavy (non-hydrogen) atoms. The van der Waals surface area contributed by atoms with E-state index in [1.807, 2.05) is 35.9 Å². The molecular weight excluding hydrogens is 402 g/mol. The molecule has 1 saturated heterocycles. The van der Waals surface area contributed by atoms with Gasteiger partial charge in [-0.25, -0.2) is 4.98 Å². The van der Waals surface area contributed by atoms with Crippen molar-refractivity contribution in [3.63, 3.8) is 0 Å². The van der Waals surface area contributed by atoms with Crippen molar-refractivity contribution in [1.82, 2.24) is 24.5 Å². The Bertz CT molecular complexity index is 1250. The fourth-order valence-electron chi connectivity index (χ4n) is 3.97. The number of nitrogens with zero attached hydrogens (tertiary/aromatic N) is 5. The molecule has 1 fully saturated rings. The maximum absolute atomic E-state index is 13.1. The number of imidazole rings is 1. The molecule has 0 radical (unpaired) electrons. The Morgan fingerprint density at radius 2 is 2.00 bits per heavy atom. The molecule has 9 heteroatoms. The molecule has 1 aliphatic rings. The van der Waals surface area contributed by atoms with Crippen molar-refractivity contribution in [2.45, 2.75) is 6.92 Å². The van der Waals surface area contributed by atoms with E-state index < -0.39 is 0 Å². The number of fused-ring (bicyclic) bond motifs is 2. The minimum Gasteiger partial charge on any atom is -0.368 e. The number of nitrogens with one attached hydrogen (secondary N) is 2. The number of carbonyl (C=O) groups excluding carboxylic acids is 1. The third kappa shape index (κ3) is 3.28. The second kappa shape index (κ2) is 7.30. The van der Waals surface area contributed by atoms with Crippen LogP contribution in [0.5, 0.6) is 0 Å². The van der Waals surface area contributed by atoms with Gasteiger partial charge in [-0.2, -0.15) is 5.10 Å². The van der Waals surface area contributed by atoms with Crippen LogP contribution in [0.3, 0.4) is 0 Å². The van der Waals surface area contributed by atoms with E-state index in [0.29, 0.717) is 27.4 Å². The Kier molecular flexibility index (Phi) is 4.60. The number of aromatic nitrogens is 4. The van der Waals surface area contributed by atoms with Gasteiger partial charge in [0.1, 0.15) is 5.52 Å². The number of halogens is 1. The molecule has 2 N–H and O–H groups in total. The van der Waals surface area contributed by atoms with Crippen LogP contribution in [0, 0.1) is 6.92 Å². The van der Waals surface area contributed by atoms with Crippen LogP contribution in [0.15, 0.2) is 36.8 Å². The van der Waals surface area contributed by atoms with Crippen LogP contribution >= 0.6 is 11.6 Å². The van der Waals surface area contributed by atoms with E-state index >= 15 is 0 Å². The summed E-state index contributed by atoms with van der Waals surface area (Å²) in [5, 5.41) is 11.7. The molecule has 5 rings (SSSR count). The Hall–Kier alpha value is -3.10.